The van der Waals surface area contributed by atoms with Crippen LogP contribution in [0.2, 0.25) is 0 Å². The Labute approximate surface area is 168 Å². The van der Waals surface area contributed by atoms with Crippen molar-refractivity contribution in [3.05, 3.63) is 81.6 Å². The zero-order valence-electron chi connectivity index (χ0n) is 15.9. The van der Waals surface area contributed by atoms with E-state index >= 15 is 0 Å². The zero-order chi connectivity index (χ0) is 19.4. The first-order valence-electron chi connectivity index (χ1n) is 9.04. The van der Waals surface area contributed by atoms with Gasteiger partial charge >= 0.3 is 0 Å². The molecule has 1 aromatic heterocycles. The van der Waals surface area contributed by atoms with Crippen molar-refractivity contribution in [3.63, 3.8) is 0 Å². The smallest absolute Gasteiger partial charge is 0.222 e. The highest BCUT2D eigenvalue weighted by atomic mass is 79.9. The largest absolute Gasteiger partial charge is 0.341 e. The number of para-hydroxylation sites is 1. The highest BCUT2D eigenvalue weighted by Gasteiger charge is 2.17. The number of carbonyl (C=O) groups excluding carboxylic acids is 1. The molecule has 0 unspecified atom stereocenters. The van der Waals surface area contributed by atoms with E-state index in [0.29, 0.717) is 13.0 Å². The van der Waals surface area contributed by atoms with Crippen LogP contribution >= 0.6 is 15.9 Å². The van der Waals surface area contributed by atoms with E-state index in [1.807, 2.05) is 61.1 Å². The van der Waals surface area contributed by atoms with Gasteiger partial charge in [0.05, 0.1) is 11.4 Å². The maximum Gasteiger partial charge on any atom is 0.222 e. The lowest BCUT2D eigenvalue weighted by Crippen LogP contribution is -2.27. The molecule has 0 atom stereocenters. The molecule has 2 aromatic carbocycles. The third-order valence-electron chi connectivity index (χ3n) is 4.78. The minimum absolute atomic E-state index is 0.140. The van der Waals surface area contributed by atoms with Gasteiger partial charge in [0, 0.05) is 35.7 Å². The number of hydrogen-bond acceptors (Lipinski definition) is 2. The minimum atomic E-state index is 0.140. The maximum absolute atomic E-state index is 12.6. The van der Waals surface area contributed by atoms with Crippen molar-refractivity contribution in [2.45, 2.75) is 33.2 Å². The number of nitrogens with zero attached hydrogens (tertiary/aromatic N) is 3. The van der Waals surface area contributed by atoms with Gasteiger partial charge in [-0.2, -0.15) is 5.10 Å². The molecule has 1 heterocycles. The molecule has 0 fully saturated rings. The van der Waals surface area contributed by atoms with E-state index in [-0.39, 0.29) is 5.91 Å². The van der Waals surface area contributed by atoms with E-state index in [4.69, 9.17) is 0 Å². The number of benzene rings is 2. The van der Waals surface area contributed by atoms with Crippen molar-refractivity contribution in [2.75, 3.05) is 7.05 Å². The van der Waals surface area contributed by atoms with Crippen LogP contribution in [0.4, 0.5) is 0 Å². The summed E-state index contributed by atoms with van der Waals surface area (Å²) in [6, 6.07) is 18.2. The van der Waals surface area contributed by atoms with Crippen molar-refractivity contribution in [3.8, 4) is 5.69 Å². The van der Waals surface area contributed by atoms with Crippen molar-refractivity contribution in [1.82, 2.24) is 14.7 Å². The molecule has 1 amide bonds. The van der Waals surface area contributed by atoms with Crippen LogP contribution in [0, 0.1) is 13.8 Å². The second-order valence-corrected chi connectivity index (χ2v) is 7.69. The van der Waals surface area contributed by atoms with E-state index in [9.17, 15) is 4.79 Å². The van der Waals surface area contributed by atoms with Gasteiger partial charge in [-0.05, 0) is 50.1 Å². The van der Waals surface area contributed by atoms with Gasteiger partial charge in [-0.15, -0.1) is 0 Å². The number of aromatic nitrogens is 2. The predicted molar refractivity (Wildman–Crippen MR) is 112 cm³/mol. The van der Waals surface area contributed by atoms with Gasteiger partial charge in [-0.3, -0.25) is 4.79 Å². The summed E-state index contributed by atoms with van der Waals surface area (Å²) in [6.07, 6.45) is 1.24. The SMILES string of the molecule is Cc1nn(-c2ccccc2)c(C)c1CN(C)C(=O)CCc1cccc(Br)c1. The summed E-state index contributed by atoms with van der Waals surface area (Å²) in [5, 5.41) is 4.67. The molecule has 0 aliphatic heterocycles. The Kier molecular flexibility index (Phi) is 6.11. The standard InChI is InChI=1S/C22H24BrN3O/c1-16-21(17(2)26(24-16)20-10-5-4-6-11-20)15-25(3)22(27)13-12-18-8-7-9-19(23)14-18/h4-11,14H,12-13,15H2,1-3H3. The molecular formula is C22H24BrN3O. The van der Waals surface area contributed by atoms with Crippen molar-refractivity contribution in [1.29, 1.82) is 0 Å². The van der Waals surface area contributed by atoms with Crippen LogP contribution in [-0.2, 0) is 17.8 Å². The summed E-state index contributed by atoms with van der Waals surface area (Å²) >= 11 is 3.48. The summed E-state index contributed by atoms with van der Waals surface area (Å²) in [5.74, 6) is 0.140. The van der Waals surface area contributed by atoms with E-state index < -0.39 is 0 Å². The van der Waals surface area contributed by atoms with Gasteiger partial charge in [-0.25, -0.2) is 4.68 Å². The lowest BCUT2D eigenvalue weighted by Gasteiger charge is -2.18. The van der Waals surface area contributed by atoms with Crippen LogP contribution in [0.25, 0.3) is 5.69 Å². The van der Waals surface area contributed by atoms with Crippen molar-refractivity contribution in [2.24, 2.45) is 0 Å². The quantitative estimate of drug-likeness (QED) is 0.566. The normalized spacial score (nSPS) is 10.8. The molecule has 0 radical (unpaired) electrons. The monoisotopic (exact) mass is 425 g/mol. The van der Waals surface area contributed by atoms with Crippen LogP contribution in [0.3, 0.4) is 0 Å². The number of rotatable bonds is 6. The molecule has 27 heavy (non-hydrogen) atoms. The van der Waals surface area contributed by atoms with Gasteiger partial charge in [-0.1, -0.05) is 46.3 Å². The van der Waals surface area contributed by atoms with Crippen LogP contribution in [0.5, 0.6) is 0 Å². The molecule has 4 nitrogen and oxygen atoms in total. The van der Waals surface area contributed by atoms with Gasteiger partial charge in [0.15, 0.2) is 0 Å². The summed E-state index contributed by atoms with van der Waals surface area (Å²) in [6.45, 7) is 4.63. The summed E-state index contributed by atoms with van der Waals surface area (Å²) in [4.78, 5) is 14.4. The Balaban J connectivity index is 1.67. The molecule has 3 aromatic rings. The summed E-state index contributed by atoms with van der Waals surface area (Å²) in [7, 11) is 1.86. The van der Waals surface area contributed by atoms with Gasteiger partial charge in [0.25, 0.3) is 0 Å². The van der Waals surface area contributed by atoms with E-state index in [2.05, 4.69) is 40.1 Å². The first-order chi connectivity index (χ1) is 13.0. The van der Waals surface area contributed by atoms with Crippen LogP contribution in [0.15, 0.2) is 59.1 Å². The van der Waals surface area contributed by atoms with Crippen LogP contribution in [0.1, 0.15) is 28.9 Å². The fraction of sp³-hybridized carbons (Fsp3) is 0.273. The average molecular weight is 426 g/mol. The Morgan fingerprint density at radius 2 is 1.85 bits per heavy atom. The molecule has 5 heteroatoms. The minimum Gasteiger partial charge on any atom is -0.341 e. The molecular weight excluding hydrogens is 402 g/mol. The fourth-order valence-corrected chi connectivity index (χ4v) is 3.63. The van der Waals surface area contributed by atoms with Gasteiger partial charge in [0.2, 0.25) is 5.91 Å². The van der Waals surface area contributed by atoms with Gasteiger partial charge in [0.1, 0.15) is 0 Å². The maximum atomic E-state index is 12.6. The molecule has 140 valence electrons. The average Bonchev–Trinajstić information content (AvgIpc) is 2.95. The number of carbonyl (C=O) groups is 1. The number of hydrogen-bond donors (Lipinski definition) is 0. The number of halogens is 1. The predicted octanol–water partition coefficient (Wildman–Crippen LogP) is 4.84. The Morgan fingerprint density at radius 3 is 2.56 bits per heavy atom. The first-order valence-corrected chi connectivity index (χ1v) is 9.84. The second kappa shape index (κ2) is 8.53. The zero-order valence-corrected chi connectivity index (χ0v) is 17.5. The molecule has 0 aliphatic carbocycles. The molecule has 3 rings (SSSR count). The lowest BCUT2D eigenvalue weighted by atomic mass is 10.1. The molecule has 0 spiro atoms. The van der Waals surface area contributed by atoms with Crippen LogP contribution in [-0.4, -0.2) is 27.6 Å². The molecule has 0 saturated carbocycles. The Morgan fingerprint density at radius 1 is 1.11 bits per heavy atom. The van der Waals surface area contributed by atoms with Crippen molar-refractivity contribution < 1.29 is 4.79 Å². The van der Waals surface area contributed by atoms with Crippen LogP contribution < -0.4 is 0 Å². The van der Waals surface area contributed by atoms with Crippen molar-refractivity contribution >= 4 is 21.8 Å². The first kappa shape index (κ1) is 19.4. The second-order valence-electron chi connectivity index (χ2n) is 6.78. The highest BCUT2D eigenvalue weighted by Crippen LogP contribution is 2.20. The summed E-state index contributed by atoms with van der Waals surface area (Å²) in [5.41, 5.74) is 5.34. The topological polar surface area (TPSA) is 38.1 Å². The summed E-state index contributed by atoms with van der Waals surface area (Å²) < 4.78 is 2.99. The van der Waals surface area contributed by atoms with E-state index in [0.717, 1.165) is 39.1 Å². The molecule has 0 bridgehead atoms. The number of aryl methyl sites for hydroxylation is 2. The number of amides is 1. The lowest BCUT2D eigenvalue weighted by molar-refractivity contribution is -0.130. The highest BCUT2D eigenvalue weighted by molar-refractivity contribution is 9.10. The molecule has 0 N–H and O–H groups in total. The third-order valence-corrected chi connectivity index (χ3v) is 5.27. The third kappa shape index (κ3) is 4.66. The molecule has 0 aliphatic rings. The van der Waals surface area contributed by atoms with E-state index in [1.54, 1.807) is 4.90 Å². The Bertz CT molecular complexity index is 934. The Hall–Kier alpha value is -2.40. The van der Waals surface area contributed by atoms with E-state index in [1.165, 1.54) is 0 Å². The molecule has 0 saturated heterocycles. The van der Waals surface area contributed by atoms with Gasteiger partial charge < -0.3 is 4.90 Å². The fourth-order valence-electron chi connectivity index (χ4n) is 3.18.